The molecule has 1 amide bonds. The third kappa shape index (κ3) is 6.50. The van der Waals surface area contributed by atoms with Crippen LogP contribution in [0.25, 0.3) is 5.57 Å². The standard InChI is InChI=1S/C38H35NO3/c1-3-14-30(4-2)31-21-23-33(24-22-31)37(40)39-35(38(41)42-27-29-17-10-6-11-18-29)26-34(25-28-15-8-5-9-16-28)36(39)32-19-12-7-13-20-32/h3-24,34-36H,1-2,25-27H2/b30-14+. The van der Waals surface area contributed by atoms with Gasteiger partial charge < -0.3 is 9.64 Å². The summed E-state index contributed by atoms with van der Waals surface area (Å²) in [5.41, 5.74) is 5.45. The Morgan fingerprint density at radius 1 is 0.762 bits per heavy atom. The summed E-state index contributed by atoms with van der Waals surface area (Å²) >= 11 is 0. The van der Waals surface area contributed by atoms with Gasteiger partial charge in [-0.3, -0.25) is 4.79 Å². The Labute approximate surface area is 248 Å². The van der Waals surface area contributed by atoms with Gasteiger partial charge in [-0.2, -0.15) is 0 Å². The van der Waals surface area contributed by atoms with Crippen LogP contribution in [-0.2, 0) is 22.6 Å². The number of nitrogens with zero attached hydrogens (tertiary/aromatic N) is 1. The van der Waals surface area contributed by atoms with E-state index in [2.05, 4.69) is 25.3 Å². The molecule has 0 saturated carbocycles. The lowest BCUT2D eigenvalue weighted by Gasteiger charge is -2.31. The van der Waals surface area contributed by atoms with Crippen LogP contribution in [0, 0.1) is 5.92 Å². The van der Waals surface area contributed by atoms with Gasteiger partial charge in [-0.15, -0.1) is 0 Å². The Bertz CT molecular complexity index is 1540. The number of likely N-dealkylation sites (tertiary alicyclic amines) is 1. The second-order valence-corrected chi connectivity index (χ2v) is 10.5. The lowest BCUT2D eigenvalue weighted by molar-refractivity contribution is -0.149. The molecule has 0 aromatic heterocycles. The number of hydrogen-bond donors (Lipinski definition) is 0. The summed E-state index contributed by atoms with van der Waals surface area (Å²) in [4.78, 5) is 29.9. The summed E-state index contributed by atoms with van der Waals surface area (Å²) < 4.78 is 5.84. The Morgan fingerprint density at radius 2 is 1.33 bits per heavy atom. The van der Waals surface area contributed by atoms with E-state index in [9.17, 15) is 9.59 Å². The molecular formula is C38H35NO3. The first-order valence-electron chi connectivity index (χ1n) is 14.3. The average molecular weight is 554 g/mol. The van der Waals surface area contributed by atoms with E-state index in [1.54, 1.807) is 17.1 Å². The van der Waals surface area contributed by atoms with Crippen LogP contribution in [0.2, 0.25) is 0 Å². The van der Waals surface area contributed by atoms with Crippen molar-refractivity contribution in [2.24, 2.45) is 5.92 Å². The molecule has 1 fully saturated rings. The molecule has 1 saturated heterocycles. The van der Waals surface area contributed by atoms with Crippen LogP contribution < -0.4 is 0 Å². The molecule has 3 atom stereocenters. The van der Waals surface area contributed by atoms with Gasteiger partial charge in [0.25, 0.3) is 5.91 Å². The first-order chi connectivity index (χ1) is 20.6. The normalized spacial score (nSPS) is 18.3. The van der Waals surface area contributed by atoms with Crippen LogP contribution in [-0.4, -0.2) is 22.8 Å². The minimum atomic E-state index is -0.718. The highest BCUT2D eigenvalue weighted by atomic mass is 16.5. The zero-order valence-corrected chi connectivity index (χ0v) is 23.6. The van der Waals surface area contributed by atoms with E-state index in [0.717, 1.165) is 28.7 Å². The largest absolute Gasteiger partial charge is 0.459 e. The molecule has 1 aliphatic rings. The van der Waals surface area contributed by atoms with Gasteiger partial charge in [-0.05, 0) is 58.7 Å². The van der Waals surface area contributed by atoms with Crippen molar-refractivity contribution in [2.45, 2.75) is 31.5 Å². The second-order valence-electron chi connectivity index (χ2n) is 10.5. The third-order valence-corrected chi connectivity index (χ3v) is 7.80. The van der Waals surface area contributed by atoms with Gasteiger partial charge in [0.15, 0.2) is 0 Å². The van der Waals surface area contributed by atoms with Crippen LogP contribution in [0.15, 0.2) is 147 Å². The second kappa shape index (κ2) is 13.6. The summed E-state index contributed by atoms with van der Waals surface area (Å²) in [6, 6.07) is 36.3. The van der Waals surface area contributed by atoms with Crippen molar-refractivity contribution < 1.29 is 14.3 Å². The molecule has 0 aliphatic carbocycles. The maximum Gasteiger partial charge on any atom is 0.329 e. The van der Waals surface area contributed by atoms with Crippen molar-refractivity contribution in [2.75, 3.05) is 0 Å². The van der Waals surface area contributed by atoms with Gasteiger partial charge in [-0.25, -0.2) is 4.79 Å². The summed E-state index contributed by atoms with van der Waals surface area (Å²) in [6.07, 6.45) is 6.60. The Balaban J connectivity index is 1.51. The number of carbonyl (C=O) groups excluding carboxylic acids is 2. The average Bonchev–Trinajstić information content (AvgIpc) is 3.42. The van der Waals surface area contributed by atoms with Gasteiger partial charge in [0.05, 0.1) is 6.04 Å². The fourth-order valence-electron chi connectivity index (χ4n) is 5.81. The van der Waals surface area contributed by atoms with Crippen LogP contribution >= 0.6 is 0 Å². The Morgan fingerprint density at radius 3 is 1.93 bits per heavy atom. The Kier molecular flexibility index (Phi) is 9.25. The third-order valence-electron chi connectivity index (χ3n) is 7.80. The number of rotatable bonds is 10. The molecular weight excluding hydrogens is 518 g/mol. The smallest absolute Gasteiger partial charge is 0.329 e. The quantitative estimate of drug-likeness (QED) is 0.148. The van der Waals surface area contributed by atoms with Crippen molar-refractivity contribution in [1.29, 1.82) is 0 Å². The molecule has 0 N–H and O–H groups in total. The summed E-state index contributed by atoms with van der Waals surface area (Å²) in [6.45, 7) is 7.82. The number of allylic oxidation sites excluding steroid dienone is 4. The van der Waals surface area contributed by atoms with Crippen LogP contribution in [0.1, 0.15) is 45.1 Å². The molecule has 4 aromatic carbocycles. The van der Waals surface area contributed by atoms with Crippen molar-refractivity contribution in [1.82, 2.24) is 4.90 Å². The fourth-order valence-corrected chi connectivity index (χ4v) is 5.81. The number of carbonyl (C=O) groups is 2. The molecule has 0 spiro atoms. The SMILES string of the molecule is C=C/C=C(\C=C)c1ccc(C(=O)N2C(C(=O)OCc3ccccc3)CC(Cc3ccccc3)C2c2ccccc2)cc1. The number of ether oxygens (including phenoxy) is 1. The van der Waals surface area contributed by atoms with Gasteiger partial charge in [0.1, 0.15) is 12.6 Å². The summed E-state index contributed by atoms with van der Waals surface area (Å²) in [5, 5.41) is 0. The number of hydrogen-bond acceptors (Lipinski definition) is 3. The van der Waals surface area contributed by atoms with Crippen molar-refractivity contribution in [3.8, 4) is 0 Å². The van der Waals surface area contributed by atoms with Gasteiger partial charge in [-0.1, -0.05) is 135 Å². The lowest BCUT2D eigenvalue weighted by atomic mass is 9.87. The topological polar surface area (TPSA) is 46.6 Å². The van der Waals surface area contributed by atoms with Crippen LogP contribution in [0.3, 0.4) is 0 Å². The summed E-state index contributed by atoms with van der Waals surface area (Å²) in [5.74, 6) is -0.557. The highest BCUT2D eigenvalue weighted by molar-refractivity contribution is 5.98. The highest BCUT2D eigenvalue weighted by Gasteiger charge is 2.48. The molecule has 4 nitrogen and oxygen atoms in total. The molecule has 0 bridgehead atoms. The fraction of sp³-hybridized carbons (Fsp3) is 0.158. The number of amides is 1. The molecule has 1 aliphatic heterocycles. The van der Waals surface area contributed by atoms with E-state index in [1.807, 2.05) is 109 Å². The molecule has 3 unspecified atom stereocenters. The molecule has 0 radical (unpaired) electrons. The van der Waals surface area contributed by atoms with E-state index in [0.29, 0.717) is 12.0 Å². The van der Waals surface area contributed by atoms with Gasteiger partial charge >= 0.3 is 5.97 Å². The maximum atomic E-state index is 14.4. The molecule has 210 valence electrons. The van der Waals surface area contributed by atoms with E-state index >= 15 is 0 Å². The maximum absolute atomic E-state index is 14.4. The zero-order valence-electron chi connectivity index (χ0n) is 23.6. The number of benzene rings is 4. The number of esters is 1. The lowest BCUT2D eigenvalue weighted by Crippen LogP contribution is -2.43. The van der Waals surface area contributed by atoms with Gasteiger partial charge in [0, 0.05) is 5.56 Å². The van der Waals surface area contributed by atoms with E-state index < -0.39 is 6.04 Å². The molecule has 42 heavy (non-hydrogen) atoms. The zero-order chi connectivity index (χ0) is 29.3. The molecule has 1 heterocycles. The predicted octanol–water partition coefficient (Wildman–Crippen LogP) is 8.00. The predicted molar refractivity (Wildman–Crippen MR) is 168 cm³/mol. The Hall–Kier alpha value is -4.96. The van der Waals surface area contributed by atoms with E-state index in [4.69, 9.17) is 4.74 Å². The van der Waals surface area contributed by atoms with E-state index in [1.165, 1.54) is 5.56 Å². The summed E-state index contributed by atoms with van der Waals surface area (Å²) in [7, 11) is 0. The van der Waals surface area contributed by atoms with E-state index in [-0.39, 0.29) is 30.4 Å². The monoisotopic (exact) mass is 553 g/mol. The van der Waals surface area contributed by atoms with Crippen molar-refractivity contribution >= 4 is 17.4 Å². The molecule has 4 aromatic rings. The molecule has 5 rings (SSSR count). The highest BCUT2D eigenvalue weighted by Crippen LogP contribution is 2.44. The van der Waals surface area contributed by atoms with Crippen molar-refractivity contribution in [3.63, 3.8) is 0 Å². The van der Waals surface area contributed by atoms with Gasteiger partial charge in [0.2, 0.25) is 0 Å². The molecule has 4 heteroatoms. The minimum Gasteiger partial charge on any atom is -0.459 e. The first-order valence-corrected chi connectivity index (χ1v) is 14.3. The van der Waals surface area contributed by atoms with Crippen LogP contribution in [0.5, 0.6) is 0 Å². The minimum absolute atomic E-state index is 0.0233. The first kappa shape index (κ1) is 28.6. The van der Waals surface area contributed by atoms with Crippen molar-refractivity contribution in [3.05, 3.63) is 174 Å². The van der Waals surface area contributed by atoms with Crippen LogP contribution in [0.4, 0.5) is 0 Å².